The molecule has 7 nitrogen and oxygen atoms in total. The van der Waals surface area contributed by atoms with Crippen molar-refractivity contribution in [3.05, 3.63) is 40.5 Å². The highest BCUT2D eigenvalue weighted by atomic mass is 32.2. The summed E-state index contributed by atoms with van der Waals surface area (Å²) in [5, 5.41) is 15.8. The number of carboxylic acids is 1. The molecule has 0 radical (unpaired) electrons. The van der Waals surface area contributed by atoms with Crippen LogP contribution in [0.25, 0.3) is 0 Å². The van der Waals surface area contributed by atoms with Crippen molar-refractivity contribution in [2.24, 2.45) is 0 Å². The number of thioether (sulfide) groups is 1. The summed E-state index contributed by atoms with van der Waals surface area (Å²) in [6.45, 7) is 7.92. The van der Waals surface area contributed by atoms with Crippen LogP contribution in [0.3, 0.4) is 0 Å². The van der Waals surface area contributed by atoms with E-state index >= 15 is 0 Å². The van der Waals surface area contributed by atoms with Crippen LogP contribution in [0, 0.1) is 13.8 Å². The van der Waals surface area contributed by atoms with Crippen LogP contribution >= 0.6 is 23.3 Å². The second-order valence-electron chi connectivity index (χ2n) is 7.49. The van der Waals surface area contributed by atoms with Gasteiger partial charge in [-0.25, -0.2) is 9.59 Å². The van der Waals surface area contributed by atoms with Gasteiger partial charge >= 0.3 is 12.0 Å². The maximum atomic E-state index is 12.2. The Morgan fingerprint density at radius 1 is 1.23 bits per heavy atom. The van der Waals surface area contributed by atoms with Crippen molar-refractivity contribution in [2.75, 3.05) is 31.5 Å². The number of urea groups is 1. The van der Waals surface area contributed by atoms with Gasteiger partial charge in [-0.05, 0) is 81.0 Å². The van der Waals surface area contributed by atoms with E-state index in [0.717, 1.165) is 43.2 Å². The van der Waals surface area contributed by atoms with E-state index in [2.05, 4.69) is 45.9 Å². The minimum Gasteiger partial charge on any atom is -0.477 e. The monoisotopic (exact) mass is 448 g/mol. The number of carbonyl (C=O) groups is 2. The van der Waals surface area contributed by atoms with Gasteiger partial charge in [0.15, 0.2) is 0 Å². The molecule has 1 aliphatic heterocycles. The smallest absolute Gasteiger partial charge is 0.341 e. The van der Waals surface area contributed by atoms with E-state index in [9.17, 15) is 14.7 Å². The number of aryl methyl sites for hydroxylation is 2. The van der Waals surface area contributed by atoms with Gasteiger partial charge in [-0.2, -0.15) is 4.37 Å². The molecule has 0 saturated carbocycles. The fourth-order valence-corrected chi connectivity index (χ4v) is 5.23. The van der Waals surface area contributed by atoms with Crippen LogP contribution in [0.5, 0.6) is 0 Å². The fourth-order valence-electron chi connectivity index (χ4n) is 3.35. The van der Waals surface area contributed by atoms with Crippen molar-refractivity contribution in [3.8, 4) is 0 Å². The fraction of sp³-hybridized carbons (Fsp3) is 0.476. The van der Waals surface area contributed by atoms with E-state index in [1.54, 1.807) is 0 Å². The zero-order valence-electron chi connectivity index (χ0n) is 17.4. The first-order valence-corrected chi connectivity index (χ1v) is 11.9. The lowest BCUT2D eigenvalue weighted by Crippen LogP contribution is -2.32. The number of carbonyl (C=O) groups excluding carboxylic acids is 1. The molecule has 0 bridgehead atoms. The molecule has 3 N–H and O–H groups in total. The molecule has 1 aromatic heterocycles. The standard InChI is InChI=1S/C21H28N4O3S2/c1-14-6-7-16(12-15(14)2)13-29-19-17(20(26)27)18(30-24-19)23-21(28)22-8-5-11-25-9-3-4-10-25/h6-7,12H,3-5,8-11,13H2,1-2H3,(H,26,27)(H2,22,23,28). The number of likely N-dealkylation sites (tertiary alicyclic amines) is 1. The zero-order chi connectivity index (χ0) is 21.5. The van der Waals surface area contributed by atoms with Crippen LogP contribution in [0.2, 0.25) is 0 Å². The second-order valence-corrected chi connectivity index (χ2v) is 9.22. The molecule has 0 aliphatic carbocycles. The van der Waals surface area contributed by atoms with E-state index in [1.165, 1.54) is 35.7 Å². The first kappa shape index (κ1) is 22.6. The van der Waals surface area contributed by atoms with Gasteiger partial charge in [0.05, 0.1) is 0 Å². The van der Waals surface area contributed by atoms with Gasteiger partial charge in [0, 0.05) is 12.3 Å². The Morgan fingerprint density at radius 2 is 2.00 bits per heavy atom. The zero-order valence-corrected chi connectivity index (χ0v) is 19.0. The third-order valence-electron chi connectivity index (χ3n) is 5.18. The molecule has 3 rings (SSSR count). The van der Waals surface area contributed by atoms with Crippen LogP contribution in [-0.2, 0) is 5.75 Å². The van der Waals surface area contributed by atoms with Crippen molar-refractivity contribution >= 4 is 40.3 Å². The summed E-state index contributed by atoms with van der Waals surface area (Å²) in [5.74, 6) is -0.469. The summed E-state index contributed by atoms with van der Waals surface area (Å²) in [5.41, 5.74) is 3.59. The first-order valence-electron chi connectivity index (χ1n) is 10.1. The second kappa shape index (κ2) is 10.8. The number of nitrogens with zero attached hydrogens (tertiary/aromatic N) is 2. The van der Waals surface area contributed by atoms with Gasteiger partial charge in [0.2, 0.25) is 0 Å². The van der Waals surface area contributed by atoms with E-state index in [0.29, 0.717) is 17.3 Å². The Hall–Kier alpha value is -2.10. The molecule has 1 saturated heterocycles. The van der Waals surface area contributed by atoms with Gasteiger partial charge in [-0.1, -0.05) is 30.0 Å². The average molecular weight is 449 g/mol. The van der Waals surface area contributed by atoms with Crippen molar-refractivity contribution in [2.45, 2.75) is 43.9 Å². The van der Waals surface area contributed by atoms with Crippen LogP contribution < -0.4 is 10.6 Å². The number of aromatic carboxylic acids is 1. The Labute approximate surface area is 185 Å². The molecule has 162 valence electrons. The lowest BCUT2D eigenvalue weighted by Gasteiger charge is -2.14. The molecule has 2 amide bonds. The molecule has 0 unspecified atom stereocenters. The summed E-state index contributed by atoms with van der Waals surface area (Å²) in [7, 11) is 0. The number of amides is 2. The number of aromatic nitrogens is 1. The van der Waals surface area contributed by atoms with Crippen LogP contribution in [0.15, 0.2) is 23.2 Å². The molecule has 1 fully saturated rings. The van der Waals surface area contributed by atoms with E-state index < -0.39 is 12.0 Å². The summed E-state index contributed by atoms with van der Waals surface area (Å²) in [6.07, 6.45) is 3.38. The Balaban J connectivity index is 1.53. The van der Waals surface area contributed by atoms with Gasteiger partial charge < -0.3 is 15.3 Å². The van der Waals surface area contributed by atoms with Crippen LogP contribution in [-0.4, -0.2) is 52.6 Å². The maximum Gasteiger partial charge on any atom is 0.341 e. The third kappa shape index (κ3) is 6.20. The predicted molar refractivity (Wildman–Crippen MR) is 122 cm³/mol. The molecule has 30 heavy (non-hydrogen) atoms. The predicted octanol–water partition coefficient (Wildman–Crippen LogP) is 4.36. The SMILES string of the molecule is Cc1ccc(CSc2nsc(NC(=O)NCCCN3CCCC3)c2C(=O)O)cc1C. The number of benzene rings is 1. The van der Waals surface area contributed by atoms with Gasteiger partial charge in [-0.15, -0.1) is 0 Å². The largest absolute Gasteiger partial charge is 0.477 e. The van der Waals surface area contributed by atoms with Crippen LogP contribution in [0.1, 0.15) is 46.3 Å². The number of rotatable bonds is 9. The molecule has 0 spiro atoms. The molecular weight excluding hydrogens is 420 g/mol. The van der Waals surface area contributed by atoms with Crippen molar-refractivity contribution in [1.29, 1.82) is 0 Å². The topological polar surface area (TPSA) is 94.6 Å². The van der Waals surface area contributed by atoms with Gasteiger partial charge in [0.1, 0.15) is 15.6 Å². The normalized spacial score (nSPS) is 14.1. The Morgan fingerprint density at radius 3 is 2.70 bits per heavy atom. The van der Waals surface area contributed by atoms with Crippen molar-refractivity contribution < 1.29 is 14.7 Å². The quantitative estimate of drug-likeness (QED) is 0.390. The average Bonchev–Trinajstić information content (AvgIpc) is 3.36. The summed E-state index contributed by atoms with van der Waals surface area (Å²) in [4.78, 5) is 26.4. The van der Waals surface area contributed by atoms with E-state index in [1.807, 2.05) is 6.07 Å². The first-order chi connectivity index (χ1) is 14.4. The number of hydrogen-bond acceptors (Lipinski definition) is 6. The Kier molecular flexibility index (Phi) is 8.12. The lowest BCUT2D eigenvalue weighted by molar-refractivity contribution is 0.0694. The van der Waals surface area contributed by atoms with E-state index in [4.69, 9.17) is 0 Å². The lowest BCUT2D eigenvalue weighted by atomic mass is 10.1. The third-order valence-corrected chi connectivity index (χ3v) is 7.11. The van der Waals surface area contributed by atoms with Crippen molar-refractivity contribution in [1.82, 2.24) is 14.6 Å². The molecule has 1 aliphatic rings. The summed E-state index contributed by atoms with van der Waals surface area (Å²) < 4.78 is 4.27. The highest BCUT2D eigenvalue weighted by Gasteiger charge is 2.22. The minimum atomic E-state index is -1.09. The number of nitrogens with one attached hydrogen (secondary N) is 2. The van der Waals surface area contributed by atoms with Crippen molar-refractivity contribution in [3.63, 3.8) is 0 Å². The molecule has 1 aromatic carbocycles. The minimum absolute atomic E-state index is 0.0565. The molecule has 9 heteroatoms. The summed E-state index contributed by atoms with van der Waals surface area (Å²) >= 11 is 2.37. The summed E-state index contributed by atoms with van der Waals surface area (Å²) in [6, 6.07) is 5.81. The number of anilines is 1. The number of carboxylic acid groups (broad SMARTS) is 1. The highest BCUT2D eigenvalue weighted by molar-refractivity contribution is 7.98. The molecule has 2 aromatic rings. The number of hydrogen-bond donors (Lipinski definition) is 3. The van der Waals surface area contributed by atoms with Gasteiger partial charge in [0.25, 0.3) is 0 Å². The maximum absolute atomic E-state index is 12.2. The molecule has 2 heterocycles. The highest BCUT2D eigenvalue weighted by Crippen LogP contribution is 2.33. The van der Waals surface area contributed by atoms with E-state index in [-0.39, 0.29) is 10.6 Å². The molecule has 0 atom stereocenters. The van der Waals surface area contributed by atoms with Crippen LogP contribution in [0.4, 0.5) is 9.80 Å². The Bertz CT molecular complexity index is 894. The molecular formula is C21H28N4O3S2. The van der Waals surface area contributed by atoms with Gasteiger partial charge in [-0.3, -0.25) is 5.32 Å².